The lowest BCUT2D eigenvalue weighted by Gasteiger charge is -2.28. The number of aromatic nitrogens is 5. The Labute approximate surface area is 127 Å². The van der Waals surface area contributed by atoms with Gasteiger partial charge in [0.2, 0.25) is 0 Å². The topological polar surface area (TPSA) is 82.9 Å². The normalized spacial score (nSPS) is 17.3. The van der Waals surface area contributed by atoms with Crippen molar-refractivity contribution in [3.8, 4) is 5.69 Å². The molecule has 7 nitrogen and oxygen atoms in total. The number of benzene rings is 1. The van der Waals surface area contributed by atoms with E-state index >= 15 is 0 Å². The maximum atomic E-state index is 9.55. The van der Waals surface area contributed by atoms with E-state index in [0.717, 1.165) is 54.9 Å². The minimum Gasteiger partial charge on any atom is -0.393 e. The van der Waals surface area contributed by atoms with Gasteiger partial charge in [0.25, 0.3) is 0 Å². The van der Waals surface area contributed by atoms with Crippen LogP contribution < -0.4 is 0 Å². The first kappa shape index (κ1) is 13.4. The average molecular weight is 298 g/mol. The number of imidazole rings is 1. The number of likely N-dealkylation sites (tertiary alicyclic amines) is 1. The molecule has 0 saturated carbocycles. The van der Waals surface area contributed by atoms with Crippen LogP contribution in [0.1, 0.15) is 18.5 Å². The van der Waals surface area contributed by atoms with Crippen LogP contribution in [-0.2, 0) is 6.54 Å². The van der Waals surface area contributed by atoms with Gasteiger partial charge in [-0.25, -0.2) is 9.67 Å². The fraction of sp³-hybridized carbons (Fsp3) is 0.400. The highest BCUT2D eigenvalue weighted by molar-refractivity contribution is 5.76. The number of aliphatic hydroxyl groups is 1. The molecule has 0 aliphatic carbocycles. The Balaban J connectivity index is 1.50. The Kier molecular flexibility index (Phi) is 3.36. The van der Waals surface area contributed by atoms with E-state index < -0.39 is 0 Å². The summed E-state index contributed by atoms with van der Waals surface area (Å²) in [6, 6.07) is 5.96. The standard InChI is InChI=1S/C15H18N6O/c22-13-3-5-20(6-4-13)8-11-9-21(19-18-11)12-1-2-14-15(7-12)17-10-16-14/h1-2,7,9-10,13,22H,3-6,8H2,(H,16,17). The van der Waals surface area contributed by atoms with E-state index in [1.54, 1.807) is 11.0 Å². The van der Waals surface area contributed by atoms with Gasteiger partial charge in [-0.05, 0) is 31.0 Å². The Morgan fingerprint density at radius 1 is 1.27 bits per heavy atom. The first-order valence-corrected chi connectivity index (χ1v) is 7.53. The lowest BCUT2D eigenvalue weighted by Crippen LogP contribution is -2.35. The molecule has 3 heterocycles. The molecular formula is C15H18N6O. The van der Waals surface area contributed by atoms with Crippen molar-refractivity contribution in [2.24, 2.45) is 0 Å². The number of aromatic amines is 1. The molecule has 0 amide bonds. The number of H-pyrrole nitrogens is 1. The van der Waals surface area contributed by atoms with Crippen molar-refractivity contribution >= 4 is 11.0 Å². The molecule has 22 heavy (non-hydrogen) atoms. The molecule has 1 saturated heterocycles. The number of piperidine rings is 1. The molecule has 4 rings (SSSR count). The van der Waals surface area contributed by atoms with Gasteiger partial charge < -0.3 is 10.1 Å². The molecule has 0 spiro atoms. The highest BCUT2D eigenvalue weighted by Crippen LogP contribution is 2.16. The van der Waals surface area contributed by atoms with Crippen molar-refractivity contribution < 1.29 is 5.11 Å². The summed E-state index contributed by atoms with van der Waals surface area (Å²) in [7, 11) is 0. The van der Waals surface area contributed by atoms with E-state index in [4.69, 9.17) is 0 Å². The molecule has 3 aromatic rings. The van der Waals surface area contributed by atoms with Crippen LogP contribution in [0, 0.1) is 0 Å². The third-order valence-corrected chi connectivity index (χ3v) is 4.15. The first-order chi connectivity index (χ1) is 10.8. The molecule has 2 aromatic heterocycles. The maximum absolute atomic E-state index is 9.55. The van der Waals surface area contributed by atoms with E-state index in [9.17, 15) is 5.11 Å². The van der Waals surface area contributed by atoms with Gasteiger partial charge in [-0.2, -0.15) is 0 Å². The van der Waals surface area contributed by atoms with Gasteiger partial charge in [0.05, 0.1) is 41.0 Å². The maximum Gasteiger partial charge on any atom is 0.0971 e. The Bertz CT molecular complexity index is 771. The smallest absolute Gasteiger partial charge is 0.0971 e. The number of hydrogen-bond donors (Lipinski definition) is 2. The molecule has 1 aliphatic rings. The van der Waals surface area contributed by atoms with Crippen molar-refractivity contribution in [3.63, 3.8) is 0 Å². The van der Waals surface area contributed by atoms with Gasteiger partial charge in [-0.15, -0.1) is 5.10 Å². The van der Waals surface area contributed by atoms with E-state index in [1.807, 2.05) is 24.4 Å². The van der Waals surface area contributed by atoms with Crippen molar-refractivity contribution in [3.05, 3.63) is 36.4 Å². The Morgan fingerprint density at radius 2 is 2.14 bits per heavy atom. The first-order valence-electron chi connectivity index (χ1n) is 7.53. The number of nitrogens with zero attached hydrogens (tertiary/aromatic N) is 5. The molecule has 0 unspecified atom stereocenters. The average Bonchev–Trinajstić information content (AvgIpc) is 3.17. The van der Waals surface area contributed by atoms with Crippen molar-refractivity contribution in [1.82, 2.24) is 29.9 Å². The van der Waals surface area contributed by atoms with Crippen LogP contribution in [0.5, 0.6) is 0 Å². The molecule has 1 aliphatic heterocycles. The number of nitrogens with one attached hydrogen (secondary N) is 1. The third kappa shape index (κ3) is 2.60. The minimum atomic E-state index is -0.145. The van der Waals surface area contributed by atoms with Gasteiger partial charge in [0.1, 0.15) is 0 Å². The minimum absolute atomic E-state index is 0.145. The molecular weight excluding hydrogens is 280 g/mol. The predicted molar refractivity (Wildman–Crippen MR) is 81.5 cm³/mol. The number of rotatable bonds is 3. The largest absolute Gasteiger partial charge is 0.393 e. The molecule has 0 radical (unpaired) electrons. The molecule has 0 bridgehead atoms. The van der Waals surface area contributed by atoms with Crippen molar-refractivity contribution in [2.75, 3.05) is 13.1 Å². The fourth-order valence-corrected chi connectivity index (χ4v) is 2.87. The third-order valence-electron chi connectivity index (χ3n) is 4.15. The van der Waals surface area contributed by atoms with Gasteiger partial charge in [0, 0.05) is 19.6 Å². The summed E-state index contributed by atoms with van der Waals surface area (Å²) < 4.78 is 1.79. The zero-order chi connectivity index (χ0) is 14.9. The van der Waals surface area contributed by atoms with Gasteiger partial charge in [-0.3, -0.25) is 4.90 Å². The monoisotopic (exact) mass is 298 g/mol. The summed E-state index contributed by atoms with van der Waals surface area (Å²) in [5.74, 6) is 0. The lowest BCUT2D eigenvalue weighted by molar-refractivity contribution is 0.0786. The van der Waals surface area contributed by atoms with E-state index in [0.29, 0.717) is 0 Å². The number of hydrogen-bond acceptors (Lipinski definition) is 5. The van der Waals surface area contributed by atoms with Crippen LogP contribution in [0.3, 0.4) is 0 Å². The zero-order valence-corrected chi connectivity index (χ0v) is 12.2. The summed E-state index contributed by atoms with van der Waals surface area (Å²) >= 11 is 0. The second-order valence-electron chi connectivity index (χ2n) is 5.77. The summed E-state index contributed by atoms with van der Waals surface area (Å²) in [5, 5.41) is 18.0. The van der Waals surface area contributed by atoms with Crippen LogP contribution in [0.2, 0.25) is 0 Å². The molecule has 2 N–H and O–H groups in total. The summed E-state index contributed by atoms with van der Waals surface area (Å²) in [6.45, 7) is 2.60. The predicted octanol–water partition coefficient (Wildman–Crippen LogP) is 1.10. The van der Waals surface area contributed by atoms with E-state index in [2.05, 4.69) is 25.2 Å². The van der Waals surface area contributed by atoms with E-state index in [1.165, 1.54) is 0 Å². The van der Waals surface area contributed by atoms with Crippen LogP contribution in [-0.4, -0.2) is 54.2 Å². The van der Waals surface area contributed by atoms with Crippen LogP contribution >= 0.6 is 0 Å². The lowest BCUT2D eigenvalue weighted by atomic mass is 10.1. The SMILES string of the molecule is OC1CCN(Cc2cn(-c3ccc4nc[nH]c4c3)nn2)CC1. The number of fused-ring (bicyclic) bond motifs is 1. The molecule has 0 atom stereocenters. The number of aliphatic hydroxyl groups excluding tert-OH is 1. The Hall–Kier alpha value is -2.25. The highest BCUT2D eigenvalue weighted by atomic mass is 16.3. The highest BCUT2D eigenvalue weighted by Gasteiger charge is 2.18. The fourth-order valence-electron chi connectivity index (χ4n) is 2.87. The molecule has 1 aromatic carbocycles. The van der Waals surface area contributed by atoms with Crippen LogP contribution in [0.25, 0.3) is 16.7 Å². The van der Waals surface area contributed by atoms with Crippen molar-refractivity contribution in [1.29, 1.82) is 0 Å². The summed E-state index contributed by atoms with van der Waals surface area (Å²) in [5.41, 5.74) is 3.83. The summed E-state index contributed by atoms with van der Waals surface area (Å²) in [4.78, 5) is 9.62. The van der Waals surface area contributed by atoms with Gasteiger partial charge >= 0.3 is 0 Å². The zero-order valence-electron chi connectivity index (χ0n) is 12.2. The molecule has 7 heteroatoms. The quantitative estimate of drug-likeness (QED) is 0.756. The van der Waals surface area contributed by atoms with Crippen LogP contribution in [0.15, 0.2) is 30.7 Å². The van der Waals surface area contributed by atoms with Gasteiger partial charge in [0.15, 0.2) is 0 Å². The molecule has 114 valence electrons. The second kappa shape index (κ2) is 5.51. The molecule has 1 fully saturated rings. The van der Waals surface area contributed by atoms with Crippen molar-refractivity contribution in [2.45, 2.75) is 25.5 Å². The van der Waals surface area contributed by atoms with Gasteiger partial charge in [-0.1, -0.05) is 5.21 Å². The van der Waals surface area contributed by atoms with E-state index in [-0.39, 0.29) is 6.10 Å². The van der Waals surface area contributed by atoms with Crippen LogP contribution in [0.4, 0.5) is 0 Å². The Morgan fingerprint density at radius 3 is 3.00 bits per heavy atom. The second-order valence-corrected chi connectivity index (χ2v) is 5.77. The summed E-state index contributed by atoms with van der Waals surface area (Å²) in [6.07, 6.45) is 5.18.